The summed E-state index contributed by atoms with van der Waals surface area (Å²) >= 11 is 1.54. The zero-order valence-corrected chi connectivity index (χ0v) is 14.6. The van der Waals surface area contributed by atoms with Gasteiger partial charge >= 0.3 is 6.03 Å². The minimum absolute atomic E-state index is 0.138. The van der Waals surface area contributed by atoms with Crippen molar-refractivity contribution in [2.45, 2.75) is 19.9 Å². The first-order valence-electron chi connectivity index (χ1n) is 7.60. The standard InChI is InChI=1S/C17H19N5OS/c1-11-10-24-16(19-11)12(2)20-17(23)21-14-6-4-5-13(9-14)15-18-7-8-22(15)3/h4-10,12H,1-3H3,(H2,20,21,23). The number of aryl methyl sites for hydroxylation is 2. The molecule has 3 rings (SSSR count). The Hall–Kier alpha value is -2.67. The first-order valence-corrected chi connectivity index (χ1v) is 8.48. The van der Waals surface area contributed by atoms with Crippen molar-refractivity contribution in [3.05, 3.63) is 52.7 Å². The molecule has 0 fully saturated rings. The topological polar surface area (TPSA) is 71.8 Å². The summed E-state index contributed by atoms with van der Waals surface area (Å²) in [6.45, 7) is 3.86. The summed E-state index contributed by atoms with van der Waals surface area (Å²) in [7, 11) is 1.94. The van der Waals surface area contributed by atoms with Crippen molar-refractivity contribution in [1.82, 2.24) is 19.9 Å². The van der Waals surface area contributed by atoms with Gasteiger partial charge in [-0.2, -0.15) is 0 Å². The first-order chi connectivity index (χ1) is 11.5. The van der Waals surface area contributed by atoms with Crippen LogP contribution in [0.1, 0.15) is 23.7 Å². The summed E-state index contributed by atoms with van der Waals surface area (Å²) in [4.78, 5) is 20.9. The molecule has 0 radical (unpaired) electrons. The van der Waals surface area contributed by atoms with Crippen molar-refractivity contribution >= 4 is 23.1 Å². The second-order valence-electron chi connectivity index (χ2n) is 5.59. The molecule has 0 saturated heterocycles. The number of aromatic nitrogens is 3. The molecular formula is C17H19N5OS. The third-order valence-electron chi connectivity index (χ3n) is 3.55. The van der Waals surface area contributed by atoms with Crippen molar-refractivity contribution in [2.75, 3.05) is 5.32 Å². The summed E-state index contributed by atoms with van der Waals surface area (Å²) < 4.78 is 1.94. The molecule has 1 unspecified atom stereocenters. The lowest BCUT2D eigenvalue weighted by Crippen LogP contribution is -2.31. The van der Waals surface area contributed by atoms with Crippen LogP contribution in [0, 0.1) is 6.92 Å². The van der Waals surface area contributed by atoms with Crippen LogP contribution in [0.3, 0.4) is 0 Å². The fourth-order valence-corrected chi connectivity index (χ4v) is 3.18. The highest BCUT2D eigenvalue weighted by Gasteiger charge is 2.13. The maximum absolute atomic E-state index is 12.2. The summed E-state index contributed by atoms with van der Waals surface area (Å²) in [5.74, 6) is 0.852. The molecule has 0 saturated carbocycles. The van der Waals surface area contributed by atoms with Gasteiger partial charge in [-0.15, -0.1) is 11.3 Å². The van der Waals surface area contributed by atoms with E-state index in [1.807, 2.05) is 61.3 Å². The van der Waals surface area contributed by atoms with E-state index in [-0.39, 0.29) is 12.1 Å². The number of hydrogen-bond acceptors (Lipinski definition) is 4. The van der Waals surface area contributed by atoms with Crippen LogP contribution in [0.15, 0.2) is 42.0 Å². The Morgan fingerprint density at radius 2 is 2.21 bits per heavy atom. The quantitative estimate of drug-likeness (QED) is 0.759. The molecule has 6 nitrogen and oxygen atoms in total. The molecular weight excluding hydrogens is 322 g/mol. The van der Waals surface area contributed by atoms with Crippen LogP contribution >= 0.6 is 11.3 Å². The average Bonchev–Trinajstić information content (AvgIpc) is 3.16. The summed E-state index contributed by atoms with van der Waals surface area (Å²) in [5.41, 5.74) is 2.63. The number of urea groups is 1. The van der Waals surface area contributed by atoms with Gasteiger partial charge < -0.3 is 15.2 Å². The second kappa shape index (κ2) is 6.84. The van der Waals surface area contributed by atoms with Crippen LogP contribution in [-0.4, -0.2) is 20.6 Å². The number of hydrogen-bond donors (Lipinski definition) is 2. The predicted molar refractivity (Wildman–Crippen MR) is 96.1 cm³/mol. The Labute approximate surface area is 144 Å². The van der Waals surface area contributed by atoms with E-state index in [1.54, 1.807) is 17.5 Å². The Bertz CT molecular complexity index is 854. The molecule has 24 heavy (non-hydrogen) atoms. The lowest BCUT2D eigenvalue weighted by atomic mass is 10.2. The summed E-state index contributed by atoms with van der Waals surface area (Å²) in [6, 6.07) is 7.22. The lowest BCUT2D eigenvalue weighted by molar-refractivity contribution is 0.249. The van der Waals surface area contributed by atoms with E-state index in [2.05, 4.69) is 20.6 Å². The Kier molecular flexibility index (Phi) is 4.61. The smallest absolute Gasteiger partial charge is 0.319 e. The monoisotopic (exact) mass is 341 g/mol. The van der Waals surface area contributed by atoms with Crippen molar-refractivity contribution < 1.29 is 4.79 Å². The van der Waals surface area contributed by atoms with Gasteiger partial charge in [0.15, 0.2) is 0 Å². The van der Waals surface area contributed by atoms with E-state index in [1.165, 1.54) is 0 Å². The number of rotatable bonds is 4. The van der Waals surface area contributed by atoms with Crippen LogP contribution in [0.4, 0.5) is 10.5 Å². The molecule has 2 N–H and O–H groups in total. The fraction of sp³-hybridized carbons (Fsp3) is 0.235. The van der Waals surface area contributed by atoms with Gasteiger partial charge in [0.2, 0.25) is 0 Å². The molecule has 124 valence electrons. The van der Waals surface area contributed by atoms with Gasteiger partial charge in [-0.1, -0.05) is 12.1 Å². The van der Waals surface area contributed by atoms with Gasteiger partial charge in [-0.05, 0) is 26.0 Å². The number of thiazole rings is 1. The van der Waals surface area contributed by atoms with E-state index >= 15 is 0 Å². The van der Waals surface area contributed by atoms with Crippen molar-refractivity contribution in [2.24, 2.45) is 7.05 Å². The highest BCUT2D eigenvalue weighted by Crippen LogP contribution is 2.21. The zero-order chi connectivity index (χ0) is 17.1. The van der Waals surface area contributed by atoms with Gasteiger partial charge in [0, 0.05) is 41.8 Å². The highest BCUT2D eigenvalue weighted by atomic mass is 32.1. The number of benzene rings is 1. The maximum atomic E-state index is 12.2. The number of nitrogens with one attached hydrogen (secondary N) is 2. The average molecular weight is 341 g/mol. The van der Waals surface area contributed by atoms with E-state index in [0.29, 0.717) is 0 Å². The van der Waals surface area contributed by atoms with Gasteiger partial charge in [0.25, 0.3) is 0 Å². The number of amides is 2. The van der Waals surface area contributed by atoms with Crippen LogP contribution in [-0.2, 0) is 7.05 Å². The molecule has 0 aliphatic rings. The van der Waals surface area contributed by atoms with Gasteiger partial charge in [0.05, 0.1) is 6.04 Å². The van der Waals surface area contributed by atoms with Gasteiger partial charge in [0.1, 0.15) is 10.8 Å². The van der Waals surface area contributed by atoms with Crippen molar-refractivity contribution in [3.8, 4) is 11.4 Å². The molecule has 1 aromatic carbocycles. The van der Waals surface area contributed by atoms with Gasteiger partial charge in [-0.25, -0.2) is 14.8 Å². The Balaban J connectivity index is 1.67. The van der Waals surface area contributed by atoms with E-state index in [4.69, 9.17) is 0 Å². The lowest BCUT2D eigenvalue weighted by Gasteiger charge is -2.13. The zero-order valence-electron chi connectivity index (χ0n) is 13.8. The van der Waals surface area contributed by atoms with E-state index < -0.39 is 0 Å². The number of anilines is 1. The third-order valence-corrected chi connectivity index (χ3v) is 4.70. The molecule has 2 aromatic heterocycles. The van der Waals surface area contributed by atoms with Crippen molar-refractivity contribution in [1.29, 1.82) is 0 Å². The largest absolute Gasteiger partial charge is 0.334 e. The maximum Gasteiger partial charge on any atom is 0.319 e. The minimum Gasteiger partial charge on any atom is -0.334 e. The molecule has 2 amide bonds. The highest BCUT2D eigenvalue weighted by molar-refractivity contribution is 7.09. The molecule has 0 bridgehead atoms. The van der Waals surface area contributed by atoms with Crippen LogP contribution < -0.4 is 10.6 Å². The number of carbonyl (C=O) groups excluding carboxylic acids is 1. The van der Waals surface area contributed by atoms with Crippen molar-refractivity contribution in [3.63, 3.8) is 0 Å². The van der Waals surface area contributed by atoms with E-state index in [0.717, 1.165) is 27.8 Å². The molecule has 0 aliphatic heterocycles. The summed E-state index contributed by atoms with van der Waals surface area (Å²) in [6.07, 6.45) is 3.64. The number of imidazole rings is 1. The van der Waals surface area contributed by atoms with E-state index in [9.17, 15) is 4.79 Å². The first kappa shape index (κ1) is 16.2. The third kappa shape index (κ3) is 3.62. The van der Waals surface area contributed by atoms with Crippen LogP contribution in [0.5, 0.6) is 0 Å². The Morgan fingerprint density at radius 1 is 1.38 bits per heavy atom. The van der Waals surface area contributed by atoms with Gasteiger partial charge in [-0.3, -0.25) is 0 Å². The molecule has 2 heterocycles. The molecule has 0 aliphatic carbocycles. The summed E-state index contributed by atoms with van der Waals surface area (Å²) in [5, 5.41) is 8.63. The predicted octanol–water partition coefficient (Wildman–Crippen LogP) is 3.73. The second-order valence-corrected chi connectivity index (χ2v) is 6.48. The number of carbonyl (C=O) groups is 1. The normalized spacial score (nSPS) is 12.0. The van der Waals surface area contributed by atoms with Crippen LogP contribution in [0.2, 0.25) is 0 Å². The number of nitrogens with zero attached hydrogens (tertiary/aromatic N) is 3. The SMILES string of the molecule is Cc1csc(C(C)NC(=O)Nc2cccc(-c3nccn3C)c2)n1. The molecule has 3 aromatic rings. The van der Waals surface area contributed by atoms with Crippen LogP contribution in [0.25, 0.3) is 11.4 Å². The minimum atomic E-state index is -0.257. The molecule has 7 heteroatoms. The molecule has 0 spiro atoms. The molecule has 1 atom stereocenters. The Morgan fingerprint density at radius 3 is 2.88 bits per heavy atom. The fourth-order valence-electron chi connectivity index (χ4n) is 2.38.